The molecule has 2 heterocycles. The van der Waals surface area contributed by atoms with Crippen LogP contribution in [0.1, 0.15) is 25.2 Å². The molecule has 1 aliphatic rings. The molecule has 21 heavy (non-hydrogen) atoms. The quantitative estimate of drug-likeness (QED) is 0.500. The average Bonchev–Trinajstić information content (AvgIpc) is 2.72. The van der Waals surface area contributed by atoms with Crippen molar-refractivity contribution in [2.75, 3.05) is 6.54 Å². The first-order chi connectivity index (χ1) is 9.65. The van der Waals surface area contributed by atoms with E-state index in [0.29, 0.717) is 11.4 Å². The summed E-state index contributed by atoms with van der Waals surface area (Å²) in [7, 11) is 0. The number of nitro groups is 1. The summed E-state index contributed by atoms with van der Waals surface area (Å²) in [4.78, 5) is 35.3. The topological polar surface area (TPSA) is 110 Å². The molecule has 1 aromatic rings. The predicted molar refractivity (Wildman–Crippen MR) is 72.7 cm³/mol. The monoisotopic (exact) mass is 295 g/mol. The van der Waals surface area contributed by atoms with Crippen molar-refractivity contribution in [3.63, 3.8) is 0 Å². The van der Waals surface area contributed by atoms with Crippen molar-refractivity contribution < 1.29 is 14.5 Å². The Bertz CT molecular complexity index is 634. The van der Waals surface area contributed by atoms with Gasteiger partial charge in [-0.05, 0) is 27.7 Å². The van der Waals surface area contributed by atoms with E-state index < -0.39 is 16.5 Å². The number of nitrogens with zero attached hydrogens (tertiary/aromatic N) is 4. The van der Waals surface area contributed by atoms with Crippen molar-refractivity contribution in [3.05, 3.63) is 21.5 Å². The molecule has 3 amide bonds. The maximum Gasteiger partial charge on any atom is 0.325 e. The Labute approximate surface area is 121 Å². The zero-order chi connectivity index (χ0) is 15.9. The molecule has 2 rings (SSSR count). The molecule has 1 N–H and O–H groups in total. The van der Waals surface area contributed by atoms with Crippen LogP contribution in [0.25, 0.3) is 0 Å². The van der Waals surface area contributed by atoms with Gasteiger partial charge in [-0.15, -0.1) is 0 Å². The van der Waals surface area contributed by atoms with Crippen LogP contribution in [-0.4, -0.2) is 43.6 Å². The number of carbonyl (C=O) groups is 2. The van der Waals surface area contributed by atoms with E-state index in [1.807, 2.05) is 0 Å². The van der Waals surface area contributed by atoms with Crippen LogP contribution in [-0.2, 0) is 11.3 Å². The lowest BCUT2D eigenvalue weighted by atomic mass is 10.1. The molecule has 0 aromatic carbocycles. The van der Waals surface area contributed by atoms with Crippen LogP contribution < -0.4 is 5.32 Å². The van der Waals surface area contributed by atoms with Gasteiger partial charge in [0.25, 0.3) is 5.91 Å². The minimum Gasteiger partial charge on any atom is -0.324 e. The minimum atomic E-state index is -0.918. The summed E-state index contributed by atoms with van der Waals surface area (Å²) < 4.78 is 1.44. The van der Waals surface area contributed by atoms with Gasteiger partial charge in [0, 0.05) is 0 Å². The maximum absolute atomic E-state index is 12.0. The van der Waals surface area contributed by atoms with Gasteiger partial charge in [-0.1, -0.05) is 0 Å². The number of hydrogen-bond donors (Lipinski definition) is 1. The predicted octanol–water partition coefficient (Wildman–Crippen LogP) is 0.739. The maximum atomic E-state index is 12.0. The molecule has 9 nitrogen and oxygen atoms in total. The Morgan fingerprint density at radius 1 is 1.29 bits per heavy atom. The van der Waals surface area contributed by atoms with Gasteiger partial charge in [-0.2, -0.15) is 5.10 Å². The lowest BCUT2D eigenvalue weighted by molar-refractivity contribution is -0.386. The number of carbonyl (C=O) groups excluding carboxylic acids is 2. The largest absolute Gasteiger partial charge is 0.325 e. The number of urea groups is 1. The summed E-state index contributed by atoms with van der Waals surface area (Å²) >= 11 is 0. The van der Waals surface area contributed by atoms with Crippen molar-refractivity contribution in [2.24, 2.45) is 0 Å². The zero-order valence-corrected chi connectivity index (χ0v) is 12.3. The fraction of sp³-hybridized carbons (Fsp3) is 0.583. The first kappa shape index (κ1) is 14.9. The SMILES string of the molecule is Cc1nn(CCN2C(=O)NC(C)(C)C2=O)c(C)c1[N+](=O)[O-]. The third kappa shape index (κ3) is 2.46. The molecule has 1 aliphatic heterocycles. The molecule has 0 atom stereocenters. The Balaban J connectivity index is 2.15. The molecule has 0 spiro atoms. The number of imide groups is 1. The van der Waals surface area contributed by atoms with Gasteiger partial charge in [0.05, 0.1) is 18.0 Å². The van der Waals surface area contributed by atoms with Crippen LogP contribution in [0.15, 0.2) is 0 Å². The second-order valence-corrected chi connectivity index (χ2v) is 5.51. The van der Waals surface area contributed by atoms with Gasteiger partial charge in [0.15, 0.2) is 0 Å². The normalized spacial score (nSPS) is 17.2. The number of aromatic nitrogens is 2. The Kier molecular flexibility index (Phi) is 3.44. The zero-order valence-electron chi connectivity index (χ0n) is 12.3. The van der Waals surface area contributed by atoms with E-state index in [2.05, 4.69) is 10.4 Å². The van der Waals surface area contributed by atoms with E-state index in [-0.39, 0.29) is 24.7 Å². The van der Waals surface area contributed by atoms with E-state index in [1.165, 1.54) is 4.68 Å². The van der Waals surface area contributed by atoms with Crippen LogP contribution in [0.5, 0.6) is 0 Å². The number of hydrogen-bond acceptors (Lipinski definition) is 5. The second-order valence-electron chi connectivity index (χ2n) is 5.51. The van der Waals surface area contributed by atoms with Crippen molar-refractivity contribution in [3.8, 4) is 0 Å². The second kappa shape index (κ2) is 4.83. The first-order valence-electron chi connectivity index (χ1n) is 6.47. The molecule has 1 saturated heterocycles. The fourth-order valence-corrected chi connectivity index (χ4v) is 2.39. The van der Waals surface area contributed by atoms with E-state index in [4.69, 9.17) is 0 Å². The van der Waals surface area contributed by atoms with Crippen molar-refractivity contribution in [2.45, 2.75) is 39.8 Å². The number of rotatable bonds is 4. The van der Waals surface area contributed by atoms with Gasteiger partial charge in [-0.25, -0.2) is 4.79 Å². The molecule has 9 heteroatoms. The average molecular weight is 295 g/mol. The van der Waals surface area contributed by atoms with Gasteiger partial charge < -0.3 is 5.32 Å². The molecule has 0 aliphatic carbocycles. The number of amides is 3. The van der Waals surface area contributed by atoms with Gasteiger partial charge in [0.1, 0.15) is 16.9 Å². The highest BCUT2D eigenvalue weighted by molar-refractivity contribution is 6.06. The van der Waals surface area contributed by atoms with Gasteiger partial charge >= 0.3 is 11.7 Å². The van der Waals surface area contributed by atoms with Crippen LogP contribution in [0, 0.1) is 24.0 Å². The summed E-state index contributed by atoms with van der Waals surface area (Å²) in [5.74, 6) is -0.316. The third-order valence-corrected chi connectivity index (χ3v) is 3.51. The molecule has 0 bridgehead atoms. The number of nitrogens with one attached hydrogen (secondary N) is 1. The molecule has 1 aromatic heterocycles. The summed E-state index contributed by atoms with van der Waals surface area (Å²) in [6, 6.07) is -0.457. The number of aryl methyl sites for hydroxylation is 1. The highest BCUT2D eigenvalue weighted by Crippen LogP contribution is 2.22. The van der Waals surface area contributed by atoms with E-state index in [9.17, 15) is 19.7 Å². The van der Waals surface area contributed by atoms with E-state index >= 15 is 0 Å². The Hall–Kier alpha value is -2.45. The van der Waals surface area contributed by atoms with Crippen molar-refractivity contribution in [1.82, 2.24) is 20.0 Å². The molecule has 0 radical (unpaired) electrons. The van der Waals surface area contributed by atoms with Crippen LogP contribution >= 0.6 is 0 Å². The van der Waals surface area contributed by atoms with Crippen molar-refractivity contribution in [1.29, 1.82) is 0 Å². The van der Waals surface area contributed by atoms with Crippen LogP contribution in [0.2, 0.25) is 0 Å². The minimum absolute atomic E-state index is 0.0347. The summed E-state index contributed by atoms with van der Waals surface area (Å²) in [6.07, 6.45) is 0. The van der Waals surface area contributed by atoms with Gasteiger partial charge in [-0.3, -0.25) is 24.5 Å². The summed E-state index contributed by atoms with van der Waals surface area (Å²) in [6.45, 7) is 6.73. The lowest BCUT2D eigenvalue weighted by Gasteiger charge is -2.16. The fourth-order valence-electron chi connectivity index (χ4n) is 2.39. The molecular formula is C12H17N5O4. The highest BCUT2D eigenvalue weighted by Gasteiger charge is 2.44. The molecule has 114 valence electrons. The van der Waals surface area contributed by atoms with Crippen molar-refractivity contribution >= 4 is 17.6 Å². The van der Waals surface area contributed by atoms with Crippen LogP contribution in [0.4, 0.5) is 10.5 Å². The highest BCUT2D eigenvalue weighted by atomic mass is 16.6. The molecule has 0 saturated carbocycles. The third-order valence-electron chi connectivity index (χ3n) is 3.51. The van der Waals surface area contributed by atoms with E-state index in [0.717, 1.165) is 4.90 Å². The molecular weight excluding hydrogens is 278 g/mol. The first-order valence-corrected chi connectivity index (χ1v) is 6.47. The van der Waals surface area contributed by atoms with E-state index in [1.54, 1.807) is 27.7 Å². The Morgan fingerprint density at radius 2 is 1.90 bits per heavy atom. The van der Waals surface area contributed by atoms with Gasteiger partial charge in [0.2, 0.25) is 0 Å². The molecule has 0 unspecified atom stereocenters. The van der Waals surface area contributed by atoms with Crippen LogP contribution in [0.3, 0.4) is 0 Å². The molecule has 1 fully saturated rings. The smallest absolute Gasteiger partial charge is 0.324 e. The Morgan fingerprint density at radius 3 is 2.33 bits per heavy atom. The summed E-state index contributed by atoms with van der Waals surface area (Å²) in [5, 5.41) is 17.6. The standard InChI is InChI=1S/C12H17N5O4/c1-7-9(17(20)21)8(2)16(14-7)6-5-15-10(18)12(3,4)13-11(15)19/h5-6H2,1-4H3,(H,13,19). The summed E-state index contributed by atoms with van der Waals surface area (Å²) in [5.41, 5.74) is -0.232. The lowest BCUT2D eigenvalue weighted by Crippen LogP contribution is -2.40.